The minimum Gasteiger partial charge on any atom is -0.260 e. The van der Waals surface area contributed by atoms with Gasteiger partial charge in [-0.1, -0.05) is 19.9 Å². The van der Waals surface area contributed by atoms with E-state index < -0.39 is 0 Å². The molecule has 0 aliphatic carbocycles. The number of rotatable bonds is 2. The van der Waals surface area contributed by atoms with Crippen molar-refractivity contribution >= 4 is 26.8 Å². The van der Waals surface area contributed by atoms with Gasteiger partial charge in [-0.05, 0) is 34.0 Å². The number of aromatic nitrogens is 2. The van der Waals surface area contributed by atoms with Crippen LogP contribution in [0.15, 0.2) is 22.8 Å². The molecular formula is C11H12BrFN2. The molecule has 2 rings (SSSR count). The van der Waals surface area contributed by atoms with Gasteiger partial charge in [-0.3, -0.25) is 4.68 Å². The number of fused-ring (bicyclic) bond motifs is 1. The van der Waals surface area contributed by atoms with E-state index in [0.29, 0.717) is 16.0 Å². The first kappa shape index (κ1) is 10.6. The maximum Gasteiger partial charge on any atom is 0.149 e. The average Bonchev–Trinajstić information content (AvgIpc) is 2.44. The van der Waals surface area contributed by atoms with Gasteiger partial charge < -0.3 is 0 Å². The van der Waals surface area contributed by atoms with Crippen molar-refractivity contribution in [3.63, 3.8) is 0 Å². The molecule has 0 aliphatic rings. The lowest BCUT2D eigenvalue weighted by Gasteiger charge is -2.06. The first-order chi connectivity index (χ1) is 7.09. The molecule has 0 atom stereocenters. The van der Waals surface area contributed by atoms with Crippen LogP contribution in [-0.2, 0) is 6.54 Å². The summed E-state index contributed by atoms with van der Waals surface area (Å²) < 4.78 is 16.1. The Balaban J connectivity index is 2.65. The maximum absolute atomic E-state index is 13.6. The second-order valence-corrected chi connectivity index (χ2v) is 4.75. The molecule has 0 amide bonds. The van der Waals surface area contributed by atoms with Crippen molar-refractivity contribution in [2.45, 2.75) is 20.4 Å². The molecule has 0 bridgehead atoms. The number of benzene rings is 1. The molecule has 1 heterocycles. The van der Waals surface area contributed by atoms with Gasteiger partial charge in [0.05, 0.1) is 0 Å². The molecule has 0 radical (unpaired) electrons. The van der Waals surface area contributed by atoms with Crippen molar-refractivity contribution in [1.29, 1.82) is 0 Å². The normalized spacial score (nSPS) is 11.5. The lowest BCUT2D eigenvalue weighted by Crippen LogP contribution is -2.06. The van der Waals surface area contributed by atoms with Gasteiger partial charge in [-0.2, -0.15) is 5.10 Å². The monoisotopic (exact) mass is 270 g/mol. The van der Waals surface area contributed by atoms with Crippen molar-refractivity contribution in [3.05, 3.63) is 28.6 Å². The molecule has 0 saturated carbocycles. The van der Waals surface area contributed by atoms with Crippen molar-refractivity contribution in [3.8, 4) is 0 Å². The molecule has 0 saturated heterocycles. The van der Waals surface area contributed by atoms with Gasteiger partial charge in [-0.15, -0.1) is 0 Å². The Labute approximate surface area is 96.2 Å². The fourth-order valence-electron chi connectivity index (χ4n) is 1.63. The van der Waals surface area contributed by atoms with Crippen LogP contribution in [0.3, 0.4) is 0 Å². The van der Waals surface area contributed by atoms with Crippen LogP contribution in [-0.4, -0.2) is 9.78 Å². The Hall–Kier alpha value is -0.900. The fraction of sp³-hybridized carbons (Fsp3) is 0.364. The minimum atomic E-state index is -0.216. The van der Waals surface area contributed by atoms with Crippen LogP contribution in [0.2, 0.25) is 0 Å². The summed E-state index contributed by atoms with van der Waals surface area (Å²) >= 11 is 3.34. The van der Waals surface area contributed by atoms with Crippen LogP contribution in [0.1, 0.15) is 13.8 Å². The van der Waals surface area contributed by atoms with Crippen molar-refractivity contribution in [2.75, 3.05) is 0 Å². The van der Waals surface area contributed by atoms with Gasteiger partial charge in [-0.25, -0.2) is 4.39 Å². The summed E-state index contributed by atoms with van der Waals surface area (Å²) in [6.45, 7) is 4.90. The topological polar surface area (TPSA) is 17.8 Å². The first-order valence-corrected chi connectivity index (χ1v) is 5.69. The zero-order valence-corrected chi connectivity index (χ0v) is 10.3. The molecule has 4 heteroatoms. The summed E-state index contributed by atoms with van der Waals surface area (Å²) in [5.74, 6) is 0.228. The molecule has 0 unspecified atom stereocenters. The molecule has 15 heavy (non-hydrogen) atoms. The third-order valence-electron chi connectivity index (χ3n) is 2.21. The van der Waals surface area contributed by atoms with Gasteiger partial charge in [0.15, 0.2) is 0 Å². The van der Waals surface area contributed by atoms with Crippen LogP contribution in [0.25, 0.3) is 10.9 Å². The molecule has 0 spiro atoms. The Bertz CT molecular complexity index is 491. The first-order valence-electron chi connectivity index (χ1n) is 4.90. The smallest absolute Gasteiger partial charge is 0.149 e. The van der Waals surface area contributed by atoms with E-state index in [9.17, 15) is 4.39 Å². The number of hydrogen-bond acceptors (Lipinski definition) is 1. The van der Waals surface area contributed by atoms with E-state index in [1.54, 1.807) is 10.7 Å². The molecule has 0 N–H and O–H groups in total. The van der Waals surface area contributed by atoms with Crippen molar-refractivity contribution < 1.29 is 4.39 Å². The lowest BCUT2D eigenvalue weighted by molar-refractivity contribution is 0.486. The van der Waals surface area contributed by atoms with Gasteiger partial charge in [0, 0.05) is 11.9 Å². The molecule has 1 aromatic carbocycles. The van der Waals surface area contributed by atoms with Gasteiger partial charge >= 0.3 is 0 Å². The van der Waals surface area contributed by atoms with E-state index in [1.807, 2.05) is 6.07 Å². The summed E-state index contributed by atoms with van der Waals surface area (Å²) in [4.78, 5) is 0. The van der Waals surface area contributed by atoms with E-state index in [0.717, 1.165) is 11.9 Å². The standard InChI is InChI=1S/C11H12BrFN2/c1-7(2)6-15-10-8(11(12)14-15)4-3-5-9(10)13/h3-5,7H,6H2,1-2H3. The second-order valence-electron chi connectivity index (χ2n) is 4.00. The highest BCUT2D eigenvalue weighted by molar-refractivity contribution is 9.10. The van der Waals surface area contributed by atoms with Crippen LogP contribution in [0, 0.1) is 11.7 Å². The SMILES string of the molecule is CC(C)Cn1nc(Br)c2cccc(F)c21. The van der Waals surface area contributed by atoms with Crippen LogP contribution < -0.4 is 0 Å². The molecule has 80 valence electrons. The van der Waals surface area contributed by atoms with E-state index in [4.69, 9.17) is 0 Å². The Morgan fingerprint density at radius 1 is 1.47 bits per heavy atom. The number of nitrogens with zero attached hydrogens (tertiary/aromatic N) is 2. The molecule has 0 fully saturated rings. The Morgan fingerprint density at radius 3 is 2.87 bits per heavy atom. The predicted octanol–water partition coefficient (Wildman–Crippen LogP) is 3.59. The van der Waals surface area contributed by atoms with Crippen molar-refractivity contribution in [2.24, 2.45) is 5.92 Å². The lowest BCUT2D eigenvalue weighted by atomic mass is 10.2. The summed E-state index contributed by atoms with van der Waals surface area (Å²) in [5, 5.41) is 5.11. The quantitative estimate of drug-likeness (QED) is 0.816. The average molecular weight is 271 g/mol. The molecule has 2 nitrogen and oxygen atoms in total. The maximum atomic E-state index is 13.6. The van der Waals surface area contributed by atoms with Crippen LogP contribution >= 0.6 is 15.9 Å². The highest BCUT2D eigenvalue weighted by Gasteiger charge is 2.12. The van der Waals surface area contributed by atoms with Crippen LogP contribution in [0.4, 0.5) is 4.39 Å². The second kappa shape index (κ2) is 3.93. The summed E-state index contributed by atoms with van der Waals surface area (Å²) in [6, 6.07) is 5.03. The number of para-hydroxylation sites is 1. The predicted molar refractivity (Wildman–Crippen MR) is 62.2 cm³/mol. The van der Waals surface area contributed by atoms with Crippen LogP contribution in [0.5, 0.6) is 0 Å². The summed E-state index contributed by atoms with van der Waals surface area (Å²) in [5.41, 5.74) is 0.582. The highest BCUT2D eigenvalue weighted by atomic mass is 79.9. The molecule has 2 aromatic rings. The zero-order chi connectivity index (χ0) is 11.0. The number of halogens is 2. The zero-order valence-electron chi connectivity index (χ0n) is 8.67. The molecular weight excluding hydrogens is 259 g/mol. The van der Waals surface area contributed by atoms with E-state index in [-0.39, 0.29) is 5.82 Å². The third kappa shape index (κ3) is 1.91. The van der Waals surface area contributed by atoms with E-state index >= 15 is 0 Å². The minimum absolute atomic E-state index is 0.216. The van der Waals surface area contributed by atoms with Gasteiger partial charge in [0.2, 0.25) is 0 Å². The largest absolute Gasteiger partial charge is 0.260 e. The van der Waals surface area contributed by atoms with Gasteiger partial charge in [0.25, 0.3) is 0 Å². The summed E-state index contributed by atoms with van der Waals surface area (Å²) in [7, 11) is 0. The van der Waals surface area contributed by atoms with Crippen molar-refractivity contribution in [1.82, 2.24) is 9.78 Å². The number of hydrogen-bond donors (Lipinski definition) is 0. The molecule has 0 aliphatic heterocycles. The Morgan fingerprint density at radius 2 is 2.20 bits per heavy atom. The Kier molecular flexibility index (Phi) is 2.78. The van der Waals surface area contributed by atoms with Gasteiger partial charge in [0.1, 0.15) is 15.9 Å². The highest BCUT2D eigenvalue weighted by Crippen LogP contribution is 2.25. The van der Waals surface area contributed by atoms with E-state index in [2.05, 4.69) is 34.9 Å². The molecule has 1 aromatic heterocycles. The summed E-state index contributed by atoms with van der Waals surface area (Å²) in [6.07, 6.45) is 0. The van der Waals surface area contributed by atoms with E-state index in [1.165, 1.54) is 6.07 Å². The third-order valence-corrected chi connectivity index (χ3v) is 2.80. The fourth-order valence-corrected chi connectivity index (χ4v) is 2.14.